The third-order valence-corrected chi connectivity index (χ3v) is 9.82. The molecule has 1 atom stereocenters. The Hall–Kier alpha value is -1.93. The number of nitrogens with zero attached hydrogens (tertiary/aromatic N) is 3. The number of ether oxygens (including phenoxy) is 1. The molecular weight excluding hydrogens is 402 g/mol. The van der Waals surface area contributed by atoms with Gasteiger partial charge in [0.2, 0.25) is 5.89 Å². The van der Waals surface area contributed by atoms with Gasteiger partial charge in [0, 0.05) is 25.6 Å². The molecule has 162 valence electrons. The zero-order chi connectivity index (χ0) is 20.8. The molecule has 1 aliphatic carbocycles. The molecule has 1 aromatic heterocycles. The standard InChI is InChI=1S/C22H29N3O4S/c1-28-18-9-7-16(8-10-18)13-20-23-21(29-24-20)19-11-12-30(26,27)22(19)14-25(15-22)17-5-3-2-4-6-17/h7-10,17,19H,2-6,11-15H2,1H3. The van der Waals surface area contributed by atoms with Crippen LogP contribution < -0.4 is 4.74 Å². The molecule has 30 heavy (non-hydrogen) atoms. The Morgan fingerprint density at radius 2 is 1.87 bits per heavy atom. The van der Waals surface area contributed by atoms with Gasteiger partial charge in [0.25, 0.3) is 0 Å². The predicted molar refractivity (Wildman–Crippen MR) is 112 cm³/mol. The number of sulfone groups is 1. The van der Waals surface area contributed by atoms with Gasteiger partial charge in [0.05, 0.1) is 18.8 Å². The van der Waals surface area contributed by atoms with Crippen molar-refractivity contribution in [2.45, 2.75) is 61.7 Å². The highest BCUT2D eigenvalue weighted by atomic mass is 32.2. The molecule has 3 aliphatic rings. The van der Waals surface area contributed by atoms with E-state index < -0.39 is 14.6 Å². The average molecular weight is 432 g/mol. The summed E-state index contributed by atoms with van der Waals surface area (Å²) in [4.78, 5) is 7.00. The van der Waals surface area contributed by atoms with Crippen molar-refractivity contribution in [1.29, 1.82) is 0 Å². The van der Waals surface area contributed by atoms with Crippen molar-refractivity contribution in [3.05, 3.63) is 41.5 Å². The molecule has 0 amide bonds. The minimum absolute atomic E-state index is 0.195. The van der Waals surface area contributed by atoms with Gasteiger partial charge in [0.1, 0.15) is 10.5 Å². The zero-order valence-corrected chi connectivity index (χ0v) is 18.2. The van der Waals surface area contributed by atoms with Gasteiger partial charge in [-0.1, -0.05) is 36.6 Å². The van der Waals surface area contributed by atoms with Crippen molar-refractivity contribution in [3.63, 3.8) is 0 Å². The fourth-order valence-corrected chi connectivity index (χ4v) is 7.80. The molecule has 2 saturated heterocycles. The summed E-state index contributed by atoms with van der Waals surface area (Å²) in [5, 5.41) is 4.15. The van der Waals surface area contributed by atoms with E-state index in [0.717, 1.165) is 11.3 Å². The first-order valence-corrected chi connectivity index (χ1v) is 12.6. The maximum Gasteiger partial charge on any atom is 0.231 e. The van der Waals surface area contributed by atoms with Crippen LogP contribution in [-0.4, -0.2) is 60.2 Å². The molecule has 1 unspecified atom stereocenters. The van der Waals surface area contributed by atoms with E-state index in [0.29, 0.717) is 43.7 Å². The molecule has 7 nitrogen and oxygen atoms in total. The van der Waals surface area contributed by atoms with Crippen LogP contribution in [-0.2, 0) is 16.3 Å². The van der Waals surface area contributed by atoms with E-state index in [1.54, 1.807) is 7.11 Å². The smallest absolute Gasteiger partial charge is 0.231 e. The van der Waals surface area contributed by atoms with Gasteiger partial charge >= 0.3 is 0 Å². The summed E-state index contributed by atoms with van der Waals surface area (Å²) in [5.74, 6) is 1.91. The normalized spacial score (nSPS) is 26.0. The highest BCUT2D eigenvalue weighted by Gasteiger charge is 2.64. The molecule has 2 aromatic rings. The molecule has 1 saturated carbocycles. The third kappa shape index (κ3) is 3.34. The molecule has 1 spiro atoms. The van der Waals surface area contributed by atoms with E-state index in [-0.39, 0.29) is 11.7 Å². The van der Waals surface area contributed by atoms with Gasteiger partial charge in [0.15, 0.2) is 15.7 Å². The zero-order valence-electron chi connectivity index (χ0n) is 17.4. The van der Waals surface area contributed by atoms with Gasteiger partial charge in [-0.25, -0.2) is 8.42 Å². The summed E-state index contributed by atoms with van der Waals surface area (Å²) >= 11 is 0. The van der Waals surface area contributed by atoms with E-state index in [1.165, 1.54) is 32.1 Å². The molecule has 0 radical (unpaired) electrons. The lowest BCUT2D eigenvalue weighted by Crippen LogP contribution is -2.68. The number of aromatic nitrogens is 2. The van der Waals surface area contributed by atoms with Crippen LogP contribution in [0.15, 0.2) is 28.8 Å². The van der Waals surface area contributed by atoms with Crippen molar-refractivity contribution in [1.82, 2.24) is 15.0 Å². The molecule has 2 aliphatic heterocycles. The van der Waals surface area contributed by atoms with Crippen LogP contribution in [0.5, 0.6) is 5.75 Å². The summed E-state index contributed by atoms with van der Waals surface area (Å²) in [7, 11) is -1.52. The van der Waals surface area contributed by atoms with Crippen molar-refractivity contribution in [2.75, 3.05) is 26.0 Å². The Labute approximate surface area is 177 Å². The van der Waals surface area contributed by atoms with Gasteiger partial charge < -0.3 is 9.26 Å². The number of rotatable bonds is 5. The van der Waals surface area contributed by atoms with E-state index in [2.05, 4.69) is 15.0 Å². The lowest BCUT2D eigenvalue weighted by molar-refractivity contribution is 0.0370. The van der Waals surface area contributed by atoms with Crippen LogP contribution in [0.25, 0.3) is 0 Å². The Balaban J connectivity index is 1.32. The van der Waals surface area contributed by atoms with E-state index >= 15 is 0 Å². The van der Waals surface area contributed by atoms with Crippen molar-refractivity contribution in [2.24, 2.45) is 0 Å². The lowest BCUT2D eigenvalue weighted by Gasteiger charge is -2.53. The molecule has 0 bridgehead atoms. The number of hydrogen-bond donors (Lipinski definition) is 0. The predicted octanol–water partition coefficient (Wildman–Crippen LogP) is 2.96. The van der Waals surface area contributed by atoms with Crippen LogP contribution in [0.3, 0.4) is 0 Å². The maximum absolute atomic E-state index is 13.0. The number of benzene rings is 1. The Morgan fingerprint density at radius 3 is 2.57 bits per heavy atom. The van der Waals surface area contributed by atoms with E-state index in [9.17, 15) is 8.42 Å². The van der Waals surface area contributed by atoms with E-state index in [1.807, 2.05) is 24.3 Å². The fraction of sp³-hybridized carbons (Fsp3) is 0.636. The molecule has 3 heterocycles. The van der Waals surface area contributed by atoms with Crippen LogP contribution in [0, 0.1) is 0 Å². The van der Waals surface area contributed by atoms with Gasteiger partial charge in [-0.2, -0.15) is 4.98 Å². The Kier molecular flexibility index (Phi) is 5.09. The Bertz CT molecular complexity index is 990. The number of hydrogen-bond acceptors (Lipinski definition) is 7. The van der Waals surface area contributed by atoms with Crippen molar-refractivity contribution < 1.29 is 17.7 Å². The summed E-state index contributed by atoms with van der Waals surface area (Å²) in [6.07, 6.45) is 7.31. The summed E-state index contributed by atoms with van der Waals surface area (Å²) in [6, 6.07) is 8.30. The molecule has 1 aromatic carbocycles. The number of likely N-dealkylation sites (tertiary alicyclic amines) is 1. The minimum Gasteiger partial charge on any atom is -0.497 e. The molecule has 8 heteroatoms. The van der Waals surface area contributed by atoms with Crippen molar-refractivity contribution in [3.8, 4) is 5.75 Å². The monoisotopic (exact) mass is 431 g/mol. The van der Waals surface area contributed by atoms with Gasteiger partial charge in [-0.3, -0.25) is 4.90 Å². The maximum atomic E-state index is 13.0. The van der Waals surface area contributed by atoms with Crippen molar-refractivity contribution >= 4 is 9.84 Å². The second-order valence-electron chi connectivity index (χ2n) is 9.00. The Morgan fingerprint density at radius 1 is 1.13 bits per heavy atom. The average Bonchev–Trinajstić information content (AvgIpc) is 3.29. The van der Waals surface area contributed by atoms with Crippen LogP contribution in [0.1, 0.15) is 61.7 Å². The largest absolute Gasteiger partial charge is 0.497 e. The van der Waals surface area contributed by atoms with Gasteiger partial charge in [-0.05, 0) is 37.0 Å². The first kappa shape index (κ1) is 20.0. The second-order valence-corrected chi connectivity index (χ2v) is 11.4. The molecule has 0 N–H and O–H groups in total. The highest BCUT2D eigenvalue weighted by Crippen LogP contribution is 2.50. The topological polar surface area (TPSA) is 85.5 Å². The fourth-order valence-electron chi connectivity index (χ4n) is 5.47. The SMILES string of the molecule is COc1ccc(Cc2noc(C3CCS(=O)(=O)C34CN(C3CCCCC3)C4)n2)cc1. The first-order valence-electron chi connectivity index (χ1n) is 10.9. The molecular formula is C22H29N3O4S. The highest BCUT2D eigenvalue weighted by molar-refractivity contribution is 7.93. The summed E-state index contributed by atoms with van der Waals surface area (Å²) in [5.41, 5.74) is 1.06. The second kappa shape index (κ2) is 7.64. The minimum atomic E-state index is -3.16. The lowest BCUT2D eigenvalue weighted by atomic mass is 9.80. The summed E-state index contributed by atoms with van der Waals surface area (Å²) < 4.78 is 36.1. The first-order chi connectivity index (χ1) is 14.5. The van der Waals surface area contributed by atoms with E-state index in [4.69, 9.17) is 9.26 Å². The van der Waals surface area contributed by atoms with Crippen LogP contribution >= 0.6 is 0 Å². The van der Waals surface area contributed by atoms with Gasteiger partial charge in [-0.15, -0.1) is 0 Å². The molecule has 5 rings (SSSR count). The molecule has 3 fully saturated rings. The summed E-state index contributed by atoms with van der Waals surface area (Å²) in [6.45, 7) is 1.22. The van der Waals surface area contributed by atoms with Crippen LogP contribution in [0.4, 0.5) is 0 Å². The third-order valence-electron chi connectivity index (χ3n) is 7.27. The quantitative estimate of drug-likeness (QED) is 0.719. The number of methoxy groups -OCH3 is 1. The van der Waals surface area contributed by atoms with Crippen LogP contribution in [0.2, 0.25) is 0 Å².